The average molecular weight is 596 g/mol. The molecule has 9 N–H and O–H groups in total. The van der Waals surface area contributed by atoms with Crippen LogP contribution in [0.4, 0.5) is 0 Å². The standard InChI is InChI=1S/C30H41N7O6/c1-4-18(2)23(29(42)43)35-27(40)25(21-14-9-6-10-15-21)37-28(41)24(20-12-7-5-8-13-20)36-26(39)22(34-19(3)38)16-11-17-33-30(31)32/h5-10,12-15,18,22-25H,4,11,16-17H2,1-3H3,(H,34,38)(H,35,40)(H,36,39)(H,37,41)(H,42,43)(H4,31,32,33)/t18-,22-,23-,24?,25?/m0/s1. The third kappa shape index (κ3) is 11.1. The number of nitrogens with two attached hydrogens (primary N) is 2. The van der Waals surface area contributed by atoms with Crippen LogP contribution < -0.4 is 32.7 Å². The lowest BCUT2D eigenvalue weighted by Gasteiger charge is -2.27. The van der Waals surface area contributed by atoms with Crippen molar-refractivity contribution in [2.75, 3.05) is 6.54 Å². The van der Waals surface area contributed by atoms with Gasteiger partial charge in [-0.15, -0.1) is 0 Å². The zero-order valence-electron chi connectivity index (χ0n) is 24.6. The fourth-order valence-electron chi connectivity index (χ4n) is 4.30. The van der Waals surface area contributed by atoms with Gasteiger partial charge >= 0.3 is 5.97 Å². The number of nitrogens with zero attached hydrogens (tertiary/aromatic N) is 1. The molecule has 43 heavy (non-hydrogen) atoms. The number of aliphatic carboxylic acids is 1. The lowest BCUT2D eigenvalue weighted by molar-refractivity contribution is -0.144. The number of carboxylic acids is 1. The SMILES string of the molecule is CC[C@H](C)[C@H](NC(=O)C(NC(=O)C(NC(=O)[C@H](CCCN=C(N)N)NC(C)=O)c1ccccc1)c1ccccc1)C(=O)O. The minimum absolute atomic E-state index is 0.0998. The lowest BCUT2D eigenvalue weighted by Crippen LogP contribution is -2.53. The number of benzene rings is 2. The van der Waals surface area contributed by atoms with E-state index >= 15 is 0 Å². The van der Waals surface area contributed by atoms with Gasteiger partial charge in [-0.05, 0) is 29.9 Å². The molecule has 0 aliphatic carbocycles. The van der Waals surface area contributed by atoms with Crippen LogP contribution in [-0.2, 0) is 24.0 Å². The second-order valence-corrected chi connectivity index (χ2v) is 10.1. The molecule has 0 radical (unpaired) electrons. The molecule has 0 fully saturated rings. The highest BCUT2D eigenvalue weighted by Crippen LogP contribution is 2.19. The Hall–Kier alpha value is -4.94. The van der Waals surface area contributed by atoms with Crippen LogP contribution in [0.2, 0.25) is 0 Å². The number of carbonyl (C=O) groups is 5. The molecule has 13 nitrogen and oxygen atoms in total. The first-order valence-corrected chi connectivity index (χ1v) is 14.0. The molecule has 0 bridgehead atoms. The summed E-state index contributed by atoms with van der Waals surface area (Å²) in [6, 6.07) is 12.0. The maximum atomic E-state index is 13.8. The Bertz CT molecular complexity index is 1270. The Balaban J connectivity index is 2.38. The summed E-state index contributed by atoms with van der Waals surface area (Å²) in [6.45, 7) is 5.02. The van der Waals surface area contributed by atoms with E-state index in [0.29, 0.717) is 24.0 Å². The number of guanidine groups is 1. The van der Waals surface area contributed by atoms with Crippen LogP contribution in [0, 0.1) is 5.92 Å². The van der Waals surface area contributed by atoms with Crippen molar-refractivity contribution in [3.05, 3.63) is 71.8 Å². The summed E-state index contributed by atoms with van der Waals surface area (Å²) in [5.41, 5.74) is 11.5. The van der Waals surface area contributed by atoms with E-state index in [-0.39, 0.29) is 24.8 Å². The van der Waals surface area contributed by atoms with Gasteiger partial charge in [0.2, 0.25) is 23.6 Å². The Morgan fingerprint density at radius 2 is 1.28 bits per heavy atom. The highest BCUT2D eigenvalue weighted by atomic mass is 16.4. The third-order valence-electron chi connectivity index (χ3n) is 6.78. The number of rotatable bonds is 16. The van der Waals surface area contributed by atoms with E-state index in [1.165, 1.54) is 6.92 Å². The molecule has 0 saturated heterocycles. The molecule has 232 valence electrons. The highest BCUT2D eigenvalue weighted by molar-refractivity contribution is 5.95. The van der Waals surface area contributed by atoms with E-state index < -0.39 is 53.8 Å². The predicted octanol–water partition coefficient (Wildman–Crippen LogP) is 0.875. The molecule has 2 aromatic rings. The Morgan fingerprint density at radius 3 is 1.72 bits per heavy atom. The molecule has 0 heterocycles. The van der Waals surface area contributed by atoms with E-state index in [9.17, 15) is 29.1 Å². The molecule has 0 aliphatic rings. The van der Waals surface area contributed by atoms with Crippen LogP contribution >= 0.6 is 0 Å². The van der Waals surface area contributed by atoms with Crippen molar-refractivity contribution in [3.8, 4) is 0 Å². The monoisotopic (exact) mass is 595 g/mol. The summed E-state index contributed by atoms with van der Waals surface area (Å²) in [5.74, 6) is -4.19. The van der Waals surface area contributed by atoms with Crippen LogP contribution in [-0.4, -0.2) is 59.3 Å². The van der Waals surface area contributed by atoms with E-state index in [1.54, 1.807) is 67.6 Å². The quantitative estimate of drug-likeness (QED) is 0.0837. The smallest absolute Gasteiger partial charge is 0.326 e. The van der Waals surface area contributed by atoms with Crippen molar-refractivity contribution in [3.63, 3.8) is 0 Å². The van der Waals surface area contributed by atoms with E-state index in [4.69, 9.17) is 11.5 Å². The Kier molecular flexibility index (Phi) is 13.6. The van der Waals surface area contributed by atoms with E-state index in [1.807, 2.05) is 6.92 Å². The first-order valence-electron chi connectivity index (χ1n) is 14.0. The summed E-state index contributed by atoms with van der Waals surface area (Å²) in [7, 11) is 0. The van der Waals surface area contributed by atoms with Gasteiger partial charge in [-0.3, -0.25) is 24.2 Å². The van der Waals surface area contributed by atoms with Crippen LogP contribution in [0.5, 0.6) is 0 Å². The maximum Gasteiger partial charge on any atom is 0.326 e. The van der Waals surface area contributed by atoms with Crippen LogP contribution in [0.3, 0.4) is 0 Å². The van der Waals surface area contributed by atoms with Gasteiger partial charge in [-0.25, -0.2) is 4.79 Å². The van der Waals surface area contributed by atoms with Crippen molar-refractivity contribution < 1.29 is 29.1 Å². The van der Waals surface area contributed by atoms with Gasteiger partial charge in [0, 0.05) is 13.5 Å². The van der Waals surface area contributed by atoms with Gasteiger partial charge in [0.15, 0.2) is 5.96 Å². The van der Waals surface area contributed by atoms with Gasteiger partial charge < -0.3 is 37.8 Å². The zero-order valence-corrected chi connectivity index (χ0v) is 24.6. The minimum atomic E-state index is -1.27. The second-order valence-electron chi connectivity index (χ2n) is 10.1. The van der Waals surface area contributed by atoms with Gasteiger partial charge in [-0.1, -0.05) is 80.9 Å². The summed E-state index contributed by atoms with van der Waals surface area (Å²) < 4.78 is 0. The van der Waals surface area contributed by atoms with Gasteiger partial charge in [0.05, 0.1) is 0 Å². The molecule has 13 heteroatoms. The van der Waals surface area contributed by atoms with Crippen LogP contribution in [0.15, 0.2) is 65.7 Å². The third-order valence-corrected chi connectivity index (χ3v) is 6.78. The number of aliphatic imine (C=N–C) groups is 1. The zero-order chi connectivity index (χ0) is 31.9. The van der Waals surface area contributed by atoms with Crippen molar-refractivity contribution in [2.45, 2.75) is 64.2 Å². The molecule has 0 spiro atoms. The average Bonchev–Trinajstić information content (AvgIpc) is 2.98. The molecular formula is C30H41N7O6. The number of hydrogen-bond acceptors (Lipinski definition) is 6. The summed E-state index contributed by atoms with van der Waals surface area (Å²) >= 11 is 0. The number of carbonyl (C=O) groups excluding carboxylic acids is 4. The maximum absolute atomic E-state index is 13.8. The predicted molar refractivity (Wildman–Crippen MR) is 161 cm³/mol. The van der Waals surface area contributed by atoms with Gasteiger partial charge in [0.25, 0.3) is 0 Å². The minimum Gasteiger partial charge on any atom is -0.480 e. The number of amides is 4. The molecule has 4 amide bonds. The van der Waals surface area contributed by atoms with Crippen molar-refractivity contribution in [2.24, 2.45) is 22.4 Å². The second kappa shape index (κ2) is 17.1. The lowest BCUT2D eigenvalue weighted by atomic mass is 9.97. The first-order chi connectivity index (χ1) is 20.4. The molecule has 2 unspecified atom stereocenters. The fraction of sp³-hybridized carbons (Fsp3) is 0.400. The van der Waals surface area contributed by atoms with Crippen molar-refractivity contribution in [1.29, 1.82) is 0 Å². The molecule has 2 rings (SSSR count). The van der Waals surface area contributed by atoms with Crippen LogP contribution in [0.25, 0.3) is 0 Å². The summed E-state index contributed by atoms with van der Waals surface area (Å²) in [5, 5.41) is 20.2. The fourth-order valence-corrected chi connectivity index (χ4v) is 4.30. The molecule has 0 aromatic heterocycles. The first kappa shape index (κ1) is 34.3. The summed E-state index contributed by atoms with van der Waals surface area (Å²) in [6.07, 6.45) is 1.06. The Morgan fingerprint density at radius 1 is 0.791 bits per heavy atom. The highest BCUT2D eigenvalue weighted by Gasteiger charge is 2.33. The summed E-state index contributed by atoms with van der Waals surface area (Å²) in [4.78, 5) is 68.3. The largest absolute Gasteiger partial charge is 0.480 e. The topological polar surface area (TPSA) is 218 Å². The molecule has 2 aromatic carbocycles. The molecular weight excluding hydrogens is 554 g/mol. The molecule has 5 atom stereocenters. The van der Waals surface area contributed by atoms with Gasteiger partial charge in [-0.2, -0.15) is 0 Å². The molecule has 0 aliphatic heterocycles. The van der Waals surface area contributed by atoms with Crippen molar-refractivity contribution in [1.82, 2.24) is 21.3 Å². The van der Waals surface area contributed by atoms with E-state index in [0.717, 1.165) is 0 Å². The van der Waals surface area contributed by atoms with Gasteiger partial charge in [0.1, 0.15) is 24.2 Å². The number of hydrogen-bond donors (Lipinski definition) is 7. The molecule has 0 saturated carbocycles. The number of nitrogens with one attached hydrogen (secondary N) is 4. The van der Waals surface area contributed by atoms with Crippen molar-refractivity contribution >= 4 is 35.6 Å². The Labute approximate surface area is 250 Å². The van der Waals surface area contributed by atoms with Crippen LogP contribution in [0.1, 0.15) is 63.2 Å². The normalized spacial score (nSPS) is 14.1. The number of carboxylic acid groups (broad SMARTS) is 1. The van der Waals surface area contributed by atoms with E-state index in [2.05, 4.69) is 26.3 Å².